The summed E-state index contributed by atoms with van der Waals surface area (Å²) in [6.45, 7) is 1.14. The number of ether oxygens (including phenoxy) is 2. The number of hydrogen-bond donors (Lipinski definition) is 0. The highest BCUT2D eigenvalue weighted by molar-refractivity contribution is 9.11. The molecule has 1 heterocycles. The van der Waals surface area contributed by atoms with E-state index >= 15 is 0 Å². The number of nitrogens with zero attached hydrogens (tertiary/aromatic N) is 1. The number of allylic oxidation sites excluding steroid dienone is 4. The number of rotatable bonds is 5. The normalized spacial score (nSPS) is 22.2. The summed E-state index contributed by atoms with van der Waals surface area (Å²) in [7, 11) is -2.32. The average molecular weight is 504 g/mol. The van der Waals surface area contributed by atoms with E-state index in [4.69, 9.17) is 9.47 Å². The van der Waals surface area contributed by atoms with E-state index in [9.17, 15) is 8.42 Å². The summed E-state index contributed by atoms with van der Waals surface area (Å²) >= 11 is 3.50. The SMILES string of the molecule is COc1ccccc1S(=O)(=O)N1Cc2ccccc2COCC1CC1C=CC(Br)=CC1. The minimum Gasteiger partial charge on any atom is -0.495 e. The zero-order valence-corrected chi connectivity index (χ0v) is 19.8. The third-order valence-electron chi connectivity index (χ3n) is 5.79. The summed E-state index contributed by atoms with van der Waals surface area (Å²) in [4.78, 5) is 0.183. The van der Waals surface area contributed by atoms with Gasteiger partial charge in [0.2, 0.25) is 10.0 Å². The fourth-order valence-corrected chi connectivity index (χ4v) is 6.22. The van der Waals surface area contributed by atoms with Crippen molar-refractivity contribution in [2.45, 2.75) is 36.9 Å². The summed E-state index contributed by atoms with van der Waals surface area (Å²) in [6.07, 6.45) is 7.86. The molecule has 2 aromatic carbocycles. The van der Waals surface area contributed by atoms with Crippen molar-refractivity contribution in [2.75, 3.05) is 13.7 Å². The molecule has 31 heavy (non-hydrogen) atoms. The van der Waals surface area contributed by atoms with E-state index in [1.807, 2.05) is 30.3 Å². The lowest BCUT2D eigenvalue weighted by atomic mass is 9.93. The lowest BCUT2D eigenvalue weighted by Gasteiger charge is -2.35. The van der Waals surface area contributed by atoms with Crippen LogP contribution in [0.2, 0.25) is 0 Å². The molecule has 7 heteroatoms. The molecule has 0 saturated heterocycles. The molecule has 2 aromatic rings. The standard InChI is InChI=1S/C24H26BrNO4S/c1-29-23-8-4-5-9-24(23)31(27,28)26-15-19-6-2-3-7-20(19)16-30-17-22(26)14-18-10-12-21(25)13-11-18/h2-10,12-13,18,22H,11,14-17H2,1H3. The van der Waals surface area contributed by atoms with Gasteiger partial charge >= 0.3 is 0 Å². The molecule has 0 fully saturated rings. The average Bonchev–Trinajstić information content (AvgIpc) is 2.77. The second-order valence-electron chi connectivity index (χ2n) is 7.82. The zero-order valence-electron chi connectivity index (χ0n) is 17.4. The van der Waals surface area contributed by atoms with Crippen LogP contribution < -0.4 is 4.74 Å². The Bertz CT molecular complexity index is 1100. The number of hydrogen-bond acceptors (Lipinski definition) is 4. The minimum absolute atomic E-state index is 0.183. The van der Waals surface area contributed by atoms with Crippen LogP contribution in [0.15, 0.2) is 76.1 Å². The second-order valence-corrected chi connectivity index (χ2v) is 10.6. The molecule has 2 aliphatic rings. The highest BCUT2D eigenvalue weighted by Gasteiger charge is 2.36. The summed E-state index contributed by atoms with van der Waals surface area (Å²) in [6, 6.07) is 14.4. The van der Waals surface area contributed by atoms with Crippen molar-refractivity contribution in [3.63, 3.8) is 0 Å². The van der Waals surface area contributed by atoms with Gasteiger partial charge in [-0.3, -0.25) is 0 Å². The largest absolute Gasteiger partial charge is 0.495 e. The van der Waals surface area contributed by atoms with Gasteiger partial charge in [-0.2, -0.15) is 4.31 Å². The Kier molecular flexibility index (Phi) is 6.96. The summed E-state index contributed by atoms with van der Waals surface area (Å²) in [5.74, 6) is 0.599. The third-order valence-corrected chi connectivity index (χ3v) is 8.32. The van der Waals surface area contributed by atoms with Crippen molar-refractivity contribution in [3.05, 3.63) is 82.4 Å². The van der Waals surface area contributed by atoms with Crippen LogP contribution in [0.1, 0.15) is 24.0 Å². The zero-order chi connectivity index (χ0) is 21.8. The van der Waals surface area contributed by atoms with E-state index in [1.54, 1.807) is 28.6 Å². The van der Waals surface area contributed by atoms with Crippen LogP contribution in [-0.2, 0) is 27.9 Å². The van der Waals surface area contributed by atoms with Crippen LogP contribution in [0.25, 0.3) is 0 Å². The van der Waals surface area contributed by atoms with E-state index in [-0.39, 0.29) is 16.9 Å². The van der Waals surface area contributed by atoms with Gasteiger partial charge in [0.1, 0.15) is 10.6 Å². The van der Waals surface area contributed by atoms with Crippen LogP contribution in [0.5, 0.6) is 5.75 Å². The lowest BCUT2D eigenvalue weighted by Crippen LogP contribution is -2.44. The molecule has 2 unspecified atom stereocenters. The first-order chi connectivity index (χ1) is 15.0. The van der Waals surface area contributed by atoms with Gasteiger partial charge in [-0.15, -0.1) is 0 Å². The van der Waals surface area contributed by atoms with Crippen LogP contribution >= 0.6 is 15.9 Å². The molecule has 0 radical (unpaired) electrons. The van der Waals surface area contributed by atoms with Gasteiger partial charge < -0.3 is 9.47 Å². The molecule has 5 nitrogen and oxygen atoms in total. The van der Waals surface area contributed by atoms with Gasteiger partial charge in [-0.25, -0.2) is 8.42 Å². The predicted octanol–water partition coefficient (Wildman–Crippen LogP) is 5.03. The van der Waals surface area contributed by atoms with Crippen LogP contribution in [0.4, 0.5) is 0 Å². The van der Waals surface area contributed by atoms with Gasteiger partial charge in [0.25, 0.3) is 0 Å². The minimum atomic E-state index is -3.82. The number of fused-ring (bicyclic) bond motifs is 1. The van der Waals surface area contributed by atoms with Gasteiger partial charge in [-0.1, -0.05) is 70.6 Å². The van der Waals surface area contributed by atoms with Crippen LogP contribution in [-0.4, -0.2) is 32.5 Å². The molecule has 4 rings (SSSR count). The maximum absolute atomic E-state index is 13.9. The first kappa shape index (κ1) is 22.3. The lowest BCUT2D eigenvalue weighted by molar-refractivity contribution is 0.0604. The van der Waals surface area contributed by atoms with E-state index < -0.39 is 10.0 Å². The highest BCUT2D eigenvalue weighted by atomic mass is 79.9. The Morgan fingerprint density at radius 3 is 2.61 bits per heavy atom. The topological polar surface area (TPSA) is 55.8 Å². The molecule has 1 aliphatic carbocycles. The highest BCUT2D eigenvalue weighted by Crippen LogP contribution is 2.33. The molecule has 0 amide bonds. The first-order valence-electron chi connectivity index (χ1n) is 10.3. The van der Waals surface area contributed by atoms with E-state index in [2.05, 4.69) is 28.1 Å². The monoisotopic (exact) mass is 503 g/mol. The number of halogens is 1. The summed E-state index contributed by atoms with van der Waals surface area (Å²) in [5, 5.41) is 0. The maximum atomic E-state index is 13.9. The molecular formula is C24H26BrNO4S. The van der Waals surface area contributed by atoms with Crippen molar-refractivity contribution < 1.29 is 17.9 Å². The number of methoxy groups -OCH3 is 1. The smallest absolute Gasteiger partial charge is 0.247 e. The Morgan fingerprint density at radius 1 is 1.13 bits per heavy atom. The molecule has 164 valence electrons. The van der Waals surface area contributed by atoms with Crippen molar-refractivity contribution in [2.24, 2.45) is 5.92 Å². The number of sulfonamides is 1. The third kappa shape index (κ3) is 4.95. The Balaban J connectivity index is 1.73. The maximum Gasteiger partial charge on any atom is 0.247 e. The quantitative estimate of drug-likeness (QED) is 0.573. The van der Waals surface area contributed by atoms with Gasteiger partial charge in [0, 0.05) is 17.1 Å². The van der Waals surface area contributed by atoms with E-state index in [0.717, 1.165) is 22.0 Å². The van der Waals surface area contributed by atoms with E-state index in [1.165, 1.54) is 7.11 Å². The Labute approximate surface area is 192 Å². The fraction of sp³-hybridized carbons (Fsp3) is 0.333. The van der Waals surface area contributed by atoms with Crippen LogP contribution in [0.3, 0.4) is 0 Å². The molecule has 0 spiro atoms. The summed E-state index contributed by atoms with van der Waals surface area (Å²) in [5.41, 5.74) is 1.98. The Morgan fingerprint density at radius 2 is 1.87 bits per heavy atom. The van der Waals surface area contributed by atoms with Gasteiger partial charge in [-0.05, 0) is 42.0 Å². The molecule has 0 bridgehead atoms. The van der Waals surface area contributed by atoms with Crippen molar-refractivity contribution in [3.8, 4) is 5.75 Å². The summed E-state index contributed by atoms with van der Waals surface area (Å²) < 4.78 is 41.9. The van der Waals surface area contributed by atoms with Crippen molar-refractivity contribution in [1.29, 1.82) is 0 Å². The second kappa shape index (κ2) is 9.69. The van der Waals surface area contributed by atoms with E-state index in [0.29, 0.717) is 31.9 Å². The number of para-hydroxylation sites is 1. The molecular weight excluding hydrogens is 478 g/mol. The molecule has 1 aliphatic heterocycles. The predicted molar refractivity (Wildman–Crippen MR) is 124 cm³/mol. The number of benzene rings is 2. The molecule has 0 aromatic heterocycles. The fourth-order valence-electron chi connectivity index (χ4n) is 4.13. The van der Waals surface area contributed by atoms with Crippen LogP contribution in [0, 0.1) is 5.92 Å². The molecule has 2 atom stereocenters. The van der Waals surface area contributed by atoms with Crippen molar-refractivity contribution >= 4 is 26.0 Å². The Hall–Kier alpha value is -1.93. The first-order valence-corrected chi connectivity index (χ1v) is 12.6. The molecule has 0 saturated carbocycles. The van der Waals surface area contributed by atoms with Crippen molar-refractivity contribution in [1.82, 2.24) is 4.31 Å². The van der Waals surface area contributed by atoms with Gasteiger partial charge in [0.15, 0.2) is 0 Å². The van der Waals surface area contributed by atoms with Gasteiger partial charge in [0.05, 0.1) is 20.3 Å². The molecule has 0 N–H and O–H groups in total.